The van der Waals surface area contributed by atoms with Gasteiger partial charge in [-0.05, 0) is 17.7 Å². The standard InChI is InChI=1S/C15H12Cl2N4O2S/c16-12-6-11(14(21(22)23)13(17)7-12)8-19-20-15(18)24-9-10-4-2-1-3-5-10/h1-8H,9H2,(H2,18,20). The smallest absolute Gasteiger partial charge is 0.296 e. The van der Waals surface area contributed by atoms with E-state index in [1.165, 1.54) is 30.1 Å². The molecule has 0 saturated heterocycles. The van der Waals surface area contributed by atoms with E-state index in [1.807, 2.05) is 30.3 Å². The number of nitrogens with two attached hydrogens (primary N) is 1. The maximum atomic E-state index is 11.1. The quantitative estimate of drug-likeness (QED) is 0.356. The van der Waals surface area contributed by atoms with Gasteiger partial charge < -0.3 is 5.73 Å². The number of nitrogens with zero attached hydrogens (tertiary/aromatic N) is 3. The molecule has 6 nitrogen and oxygen atoms in total. The van der Waals surface area contributed by atoms with Crippen molar-refractivity contribution in [2.24, 2.45) is 15.9 Å². The SMILES string of the molecule is NC(=NN=Cc1cc(Cl)cc(Cl)c1[N+](=O)[O-])SCc1ccccc1. The topological polar surface area (TPSA) is 93.9 Å². The molecule has 0 aliphatic rings. The fraction of sp³-hybridized carbons (Fsp3) is 0.0667. The Kier molecular flexibility index (Phi) is 6.60. The zero-order valence-electron chi connectivity index (χ0n) is 12.2. The lowest BCUT2D eigenvalue weighted by atomic mass is 10.2. The molecule has 2 rings (SSSR count). The highest BCUT2D eigenvalue weighted by molar-refractivity contribution is 8.13. The minimum Gasteiger partial charge on any atom is -0.377 e. The monoisotopic (exact) mass is 382 g/mol. The summed E-state index contributed by atoms with van der Waals surface area (Å²) in [7, 11) is 0. The number of nitro groups is 1. The summed E-state index contributed by atoms with van der Waals surface area (Å²) in [5.41, 5.74) is 6.73. The number of rotatable bonds is 5. The summed E-state index contributed by atoms with van der Waals surface area (Å²) < 4.78 is 0. The first-order valence-electron chi connectivity index (χ1n) is 6.64. The highest BCUT2D eigenvalue weighted by Crippen LogP contribution is 2.31. The zero-order valence-corrected chi connectivity index (χ0v) is 14.6. The fourth-order valence-corrected chi connectivity index (χ4v) is 2.98. The molecule has 124 valence electrons. The van der Waals surface area contributed by atoms with E-state index in [1.54, 1.807) is 0 Å². The summed E-state index contributed by atoms with van der Waals surface area (Å²) in [6.07, 6.45) is 1.20. The van der Waals surface area contributed by atoms with E-state index in [0.29, 0.717) is 5.75 Å². The van der Waals surface area contributed by atoms with E-state index in [2.05, 4.69) is 10.2 Å². The third-order valence-corrected chi connectivity index (χ3v) is 4.18. The predicted molar refractivity (Wildman–Crippen MR) is 100 cm³/mol. The van der Waals surface area contributed by atoms with E-state index in [-0.39, 0.29) is 26.5 Å². The van der Waals surface area contributed by atoms with E-state index in [0.717, 1.165) is 5.56 Å². The van der Waals surface area contributed by atoms with Gasteiger partial charge in [0.15, 0.2) is 5.17 Å². The third kappa shape index (κ3) is 5.23. The summed E-state index contributed by atoms with van der Waals surface area (Å²) in [6, 6.07) is 12.4. The van der Waals surface area contributed by atoms with Crippen LogP contribution < -0.4 is 5.73 Å². The fourth-order valence-electron chi connectivity index (χ4n) is 1.79. The Morgan fingerprint density at radius 1 is 1.29 bits per heavy atom. The maximum absolute atomic E-state index is 11.1. The van der Waals surface area contributed by atoms with Gasteiger partial charge in [-0.25, -0.2) is 0 Å². The van der Waals surface area contributed by atoms with Crippen LogP contribution in [0.4, 0.5) is 5.69 Å². The maximum Gasteiger partial charge on any atom is 0.296 e. The van der Waals surface area contributed by atoms with Crippen LogP contribution in [0.2, 0.25) is 10.0 Å². The number of thioether (sulfide) groups is 1. The second-order valence-corrected chi connectivity index (χ2v) is 6.38. The van der Waals surface area contributed by atoms with Crippen LogP contribution in [-0.2, 0) is 5.75 Å². The van der Waals surface area contributed by atoms with Crippen molar-refractivity contribution in [3.63, 3.8) is 0 Å². The van der Waals surface area contributed by atoms with E-state index in [9.17, 15) is 10.1 Å². The van der Waals surface area contributed by atoms with Gasteiger partial charge in [0, 0.05) is 10.8 Å². The van der Waals surface area contributed by atoms with Crippen LogP contribution in [0.1, 0.15) is 11.1 Å². The first-order valence-corrected chi connectivity index (χ1v) is 8.38. The molecule has 0 radical (unpaired) electrons. The molecule has 0 aromatic heterocycles. The van der Waals surface area contributed by atoms with Crippen molar-refractivity contribution < 1.29 is 4.92 Å². The Balaban J connectivity index is 2.09. The summed E-state index contributed by atoms with van der Waals surface area (Å²) in [6.45, 7) is 0. The number of nitro benzene ring substituents is 1. The van der Waals surface area contributed by atoms with Gasteiger partial charge >= 0.3 is 0 Å². The molecule has 0 heterocycles. The van der Waals surface area contributed by atoms with Crippen LogP contribution in [0.25, 0.3) is 0 Å². The molecular weight excluding hydrogens is 371 g/mol. The Bertz CT molecular complexity index is 798. The van der Waals surface area contributed by atoms with Crippen molar-refractivity contribution in [2.45, 2.75) is 5.75 Å². The molecule has 2 N–H and O–H groups in total. The van der Waals surface area contributed by atoms with Crippen molar-refractivity contribution in [2.75, 3.05) is 0 Å². The third-order valence-electron chi connectivity index (χ3n) is 2.82. The average Bonchev–Trinajstić information content (AvgIpc) is 2.53. The molecule has 0 unspecified atom stereocenters. The van der Waals surface area contributed by atoms with Crippen molar-refractivity contribution in [3.8, 4) is 0 Å². The highest BCUT2D eigenvalue weighted by atomic mass is 35.5. The molecule has 2 aromatic rings. The first-order chi connectivity index (χ1) is 11.5. The molecule has 0 fully saturated rings. The van der Waals surface area contributed by atoms with E-state index < -0.39 is 4.92 Å². The summed E-state index contributed by atoms with van der Waals surface area (Å²) in [5.74, 6) is 0.648. The van der Waals surface area contributed by atoms with Crippen LogP contribution in [0.3, 0.4) is 0 Å². The van der Waals surface area contributed by atoms with Crippen molar-refractivity contribution in [1.29, 1.82) is 0 Å². The van der Waals surface area contributed by atoms with Gasteiger partial charge in [0.05, 0.1) is 16.7 Å². The van der Waals surface area contributed by atoms with Gasteiger partial charge in [0.25, 0.3) is 5.69 Å². The van der Waals surface area contributed by atoms with Gasteiger partial charge in [-0.3, -0.25) is 10.1 Å². The van der Waals surface area contributed by atoms with Gasteiger partial charge in [-0.2, -0.15) is 5.10 Å². The molecule has 0 aliphatic carbocycles. The Morgan fingerprint density at radius 3 is 2.67 bits per heavy atom. The number of hydrogen-bond donors (Lipinski definition) is 1. The molecule has 24 heavy (non-hydrogen) atoms. The van der Waals surface area contributed by atoms with Gasteiger partial charge in [0.1, 0.15) is 5.02 Å². The second-order valence-electron chi connectivity index (χ2n) is 4.54. The van der Waals surface area contributed by atoms with Crippen molar-refractivity contribution in [3.05, 3.63) is 73.8 Å². The Morgan fingerprint density at radius 2 is 2.00 bits per heavy atom. The zero-order chi connectivity index (χ0) is 17.5. The number of amidine groups is 1. The molecule has 2 aromatic carbocycles. The van der Waals surface area contributed by atoms with Crippen molar-refractivity contribution >= 4 is 52.0 Å². The van der Waals surface area contributed by atoms with Crippen LogP contribution in [0, 0.1) is 10.1 Å². The molecular formula is C15H12Cl2N4O2S. The largest absolute Gasteiger partial charge is 0.377 e. The van der Waals surface area contributed by atoms with Gasteiger partial charge in [-0.1, -0.05) is 65.3 Å². The van der Waals surface area contributed by atoms with Crippen LogP contribution in [-0.4, -0.2) is 16.3 Å². The molecule has 0 spiro atoms. The van der Waals surface area contributed by atoms with E-state index in [4.69, 9.17) is 28.9 Å². The summed E-state index contributed by atoms with van der Waals surface area (Å²) >= 11 is 13.0. The van der Waals surface area contributed by atoms with Crippen LogP contribution in [0.15, 0.2) is 52.7 Å². The molecule has 0 aliphatic heterocycles. The van der Waals surface area contributed by atoms with E-state index >= 15 is 0 Å². The second kappa shape index (κ2) is 8.68. The number of hydrogen-bond acceptors (Lipinski definition) is 5. The summed E-state index contributed by atoms with van der Waals surface area (Å²) in [4.78, 5) is 10.5. The predicted octanol–water partition coefficient (Wildman–Crippen LogP) is 4.48. The number of halogens is 2. The molecule has 0 saturated carbocycles. The highest BCUT2D eigenvalue weighted by Gasteiger charge is 2.18. The van der Waals surface area contributed by atoms with Gasteiger partial charge in [0.2, 0.25) is 0 Å². The Labute approximate surface area is 152 Å². The molecule has 9 heteroatoms. The van der Waals surface area contributed by atoms with Crippen LogP contribution >= 0.6 is 35.0 Å². The molecule has 0 atom stereocenters. The average molecular weight is 383 g/mol. The lowest BCUT2D eigenvalue weighted by Gasteiger charge is -2.01. The Hall–Kier alpha value is -2.09. The lowest BCUT2D eigenvalue weighted by Crippen LogP contribution is -2.06. The summed E-state index contributed by atoms with van der Waals surface area (Å²) in [5, 5.41) is 19.1. The first kappa shape index (κ1) is 18.3. The number of benzene rings is 2. The lowest BCUT2D eigenvalue weighted by molar-refractivity contribution is -0.384. The van der Waals surface area contributed by atoms with Gasteiger partial charge in [-0.15, -0.1) is 5.10 Å². The normalized spacial score (nSPS) is 11.8. The van der Waals surface area contributed by atoms with Crippen LogP contribution in [0.5, 0.6) is 0 Å². The van der Waals surface area contributed by atoms with Crippen molar-refractivity contribution in [1.82, 2.24) is 0 Å². The minimum atomic E-state index is -0.600. The molecule has 0 bridgehead atoms. The molecule has 0 amide bonds. The minimum absolute atomic E-state index is 0.0654.